The number of carbonyl (C=O) groups excluding carboxylic acids is 1. The van der Waals surface area contributed by atoms with Gasteiger partial charge in [0.1, 0.15) is 12.4 Å². The van der Waals surface area contributed by atoms with Gasteiger partial charge in [-0.2, -0.15) is 0 Å². The van der Waals surface area contributed by atoms with E-state index in [0.717, 1.165) is 33.6 Å². The van der Waals surface area contributed by atoms with E-state index in [1.165, 1.54) is 11.3 Å². The largest absolute Gasteiger partial charge is 0.489 e. The van der Waals surface area contributed by atoms with Gasteiger partial charge in [-0.15, -0.1) is 11.3 Å². The molecule has 1 aromatic heterocycles. The molecule has 0 spiro atoms. The predicted octanol–water partition coefficient (Wildman–Crippen LogP) is 4.81. The highest BCUT2D eigenvalue weighted by atomic mass is 32.1. The number of ether oxygens (including phenoxy) is 1. The molecule has 0 amide bonds. The second kappa shape index (κ2) is 6.37. The van der Waals surface area contributed by atoms with Crippen LogP contribution in [0.3, 0.4) is 0 Å². The summed E-state index contributed by atoms with van der Waals surface area (Å²) in [5.41, 5.74) is 3.09. The molecule has 104 valence electrons. The minimum Gasteiger partial charge on any atom is -0.489 e. The van der Waals surface area contributed by atoms with Crippen molar-refractivity contribution in [2.45, 2.75) is 6.61 Å². The Bertz CT molecular complexity index is 732. The summed E-state index contributed by atoms with van der Waals surface area (Å²) in [7, 11) is 0. The standard InChI is InChI=1S/C18H14O2S/c19-12-18-17(9-10-21-18)15-7-4-8-16(11-15)20-13-14-5-2-1-3-6-14/h1-12H,13H2. The first-order valence-corrected chi connectivity index (χ1v) is 7.54. The smallest absolute Gasteiger partial charge is 0.160 e. The fourth-order valence-corrected chi connectivity index (χ4v) is 2.86. The third-order valence-electron chi connectivity index (χ3n) is 3.20. The summed E-state index contributed by atoms with van der Waals surface area (Å²) in [6.07, 6.45) is 0.900. The maximum Gasteiger partial charge on any atom is 0.160 e. The number of rotatable bonds is 5. The van der Waals surface area contributed by atoms with E-state index in [4.69, 9.17) is 4.74 Å². The van der Waals surface area contributed by atoms with Crippen LogP contribution in [0.5, 0.6) is 5.75 Å². The van der Waals surface area contributed by atoms with Gasteiger partial charge < -0.3 is 4.74 Å². The average molecular weight is 294 g/mol. The number of thiophene rings is 1. The molecule has 0 aliphatic carbocycles. The van der Waals surface area contributed by atoms with Crippen LogP contribution in [0, 0.1) is 0 Å². The summed E-state index contributed by atoms with van der Waals surface area (Å²) in [6, 6.07) is 19.9. The molecule has 1 heterocycles. The minimum atomic E-state index is 0.536. The Kier molecular flexibility index (Phi) is 4.12. The number of carbonyl (C=O) groups is 1. The van der Waals surface area contributed by atoms with Crippen LogP contribution in [0.25, 0.3) is 11.1 Å². The zero-order valence-electron chi connectivity index (χ0n) is 11.4. The molecule has 0 bridgehead atoms. The molecule has 0 aliphatic heterocycles. The summed E-state index contributed by atoms with van der Waals surface area (Å²) >= 11 is 1.45. The molecule has 0 aliphatic rings. The van der Waals surface area contributed by atoms with Crippen molar-refractivity contribution in [1.82, 2.24) is 0 Å². The normalized spacial score (nSPS) is 10.3. The summed E-state index contributed by atoms with van der Waals surface area (Å²) in [5.74, 6) is 0.805. The van der Waals surface area contributed by atoms with E-state index in [0.29, 0.717) is 6.61 Å². The zero-order valence-corrected chi connectivity index (χ0v) is 12.2. The van der Waals surface area contributed by atoms with Crippen molar-refractivity contribution < 1.29 is 9.53 Å². The van der Waals surface area contributed by atoms with E-state index >= 15 is 0 Å². The fourth-order valence-electron chi connectivity index (χ4n) is 2.15. The van der Waals surface area contributed by atoms with E-state index in [9.17, 15) is 4.79 Å². The van der Waals surface area contributed by atoms with Crippen molar-refractivity contribution in [1.29, 1.82) is 0 Å². The molecule has 0 unspecified atom stereocenters. The lowest BCUT2D eigenvalue weighted by molar-refractivity contribution is 0.112. The lowest BCUT2D eigenvalue weighted by atomic mass is 10.1. The third kappa shape index (κ3) is 3.20. The quantitative estimate of drug-likeness (QED) is 0.631. The fraction of sp³-hybridized carbons (Fsp3) is 0.0556. The van der Waals surface area contributed by atoms with Gasteiger partial charge in [0.15, 0.2) is 6.29 Å². The van der Waals surface area contributed by atoms with Crippen LogP contribution in [-0.2, 0) is 6.61 Å². The summed E-state index contributed by atoms with van der Waals surface area (Å²) < 4.78 is 5.82. The van der Waals surface area contributed by atoms with Gasteiger partial charge in [0, 0.05) is 5.56 Å². The van der Waals surface area contributed by atoms with Crippen molar-refractivity contribution in [3.8, 4) is 16.9 Å². The molecule has 0 saturated heterocycles. The Morgan fingerprint density at radius 3 is 2.67 bits per heavy atom. The molecular weight excluding hydrogens is 280 g/mol. The Balaban J connectivity index is 1.79. The molecule has 0 atom stereocenters. The molecule has 0 N–H and O–H groups in total. The maximum absolute atomic E-state index is 11.0. The second-order valence-electron chi connectivity index (χ2n) is 4.62. The van der Waals surface area contributed by atoms with Crippen molar-refractivity contribution in [3.63, 3.8) is 0 Å². The number of aldehydes is 1. The molecule has 3 heteroatoms. The maximum atomic E-state index is 11.0. The van der Waals surface area contributed by atoms with Crippen molar-refractivity contribution in [3.05, 3.63) is 76.5 Å². The first kappa shape index (κ1) is 13.6. The van der Waals surface area contributed by atoms with Gasteiger partial charge in [-0.1, -0.05) is 42.5 Å². The zero-order chi connectivity index (χ0) is 14.5. The molecule has 0 radical (unpaired) electrons. The lowest BCUT2D eigenvalue weighted by Gasteiger charge is -2.08. The number of hydrogen-bond donors (Lipinski definition) is 0. The SMILES string of the molecule is O=Cc1sccc1-c1cccc(OCc2ccccc2)c1. The Morgan fingerprint density at radius 2 is 1.86 bits per heavy atom. The first-order chi connectivity index (χ1) is 10.4. The van der Waals surface area contributed by atoms with Gasteiger partial charge in [-0.25, -0.2) is 0 Å². The summed E-state index contributed by atoms with van der Waals surface area (Å²) in [6.45, 7) is 0.536. The van der Waals surface area contributed by atoms with Crippen LogP contribution < -0.4 is 4.74 Å². The highest BCUT2D eigenvalue weighted by molar-refractivity contribution is 7.12. The molecule has 3 rings (SSSR count). The van der Waals surface area contributed by atoms with Crippen molar-refractivity contribution in [2.75, 3.05) is 0 Å². The van der Waals surface area contributed by atoms with Gasteiger partial charge in [0.05, 0.1) is 4.88 Å². The second-order valence-corrected chi connectivity index (χ2v) is 5.57. The van der Waals surface area contributed by atoms with Gasteiger partial charge in [0.2, 0.25) is 0 Å². The molecule has 3 aromatic rings. The Morgan fingerprint density at radius 1 is 1.00 bits per heavy atom. The van der Waals surface area contributed by atoms with Crippen LogP contribution in [0.2, 0.25) is 0 Å². The Hall–Kier alpha value is -2.39. The topological polar surface area (TPSA) is 26.3 Å². The van der Waals surface area contributed by atoms with Gasteiger partial charge in [-0.05, 0) is 34.7 Å². The number of hydrogen-bond acceptors (Lipinski definition) is 3. The minimum absolute atomic E-state index is 0.536. The lowest BCUT2D eigenvalue weighted by Crippen LogP contribution is -1.95. The van der Waals surface area contributed by atoms with Crippen LogP contribution >= 0.6 is 11.3 Å². The van der Waals surface area contributed by atoms with Crippen LogP contribution in [0.4, 0.5) is 0 Å². The Labute approximate surface area is 127 Å². The first-order valence-electron chi connectivity index (χ1n) is 6.66. The highest BCUT2D eigenvalue weighted by Gasteiger charge is 2.07. The molecule has 2 aromatic carbocycles. The van der Waals surface area contributed by atoms with E-state index in [1.807, 2.05) is 66.0 Å². The molecule has 2 nitrogen and oxygen atoms in total. The summed E-state index contributed by atoms with van der Waals surface area (Å²) in [5, 5.41) is 1.93. The molecule has 0 saturated carbocycles. The van der Waals surface area contributed by atoms with Gasteiger partial charge in [-0.3, -0.25) is 4.79 Å². The van der Waals surface area contributed by atoms with Gasteiger partial charge >= 0.3 is 0 Å². The highest BCUT2D eigenvalue weighted by Crippen LogP contribution is 2.29. The molecule has 21 heavy (non-hydrogen) atoms. The average Bonchev–Trinajstić information content (AvgIpc) is 3.03. The van der Waals surface area contributed by atoms with Crippen LogP contribution in [-0.4, -0.2) is 6.29 Å². The van der Waals surface area contributed by atoms with E-state index < -0.39 is 0 Å². The molecule has 0 fully saturated rings. The van der Waals surface area contributed by atoms with E-state index in [-0.39, 0.29) is 0 Å². The van der Waals surface area contributed by atoms with Crippen molar-refractivity contribution in [2.24, 2.45) is 0 Å². The predicted molar refractivity (Wildman–Crippen MR) is 85.9 cm³/mol. The van der Waals surface area contributed by atoms with E-state index in [2.05, 4.69) is 0 Å². The monoisotopic (exact) mass is 294 g/mol. The van der Waals surface area contributed by atoms with Crippen LogP contribution in [0.1, 0.15) is 15.2 Å². The van der Waals surface area contributed by atoms with Crippen molar-refractivity contribution >= 4 is 17.6 Å². The molecular formula is C18H14O2S. The van der Waals surface area contributed by atoms with Gasteiger partial charge in [0.25, 0.3) is 0 Å². The number of benzene rings is 2. The summed E-state index contributed by atoms with van der Waals surface area (Å²) in [4.78, 5) is 11.8. The van der Waals surface area contributed by atoms with Crippen LogP contribution in [0.15, 0.2) is 66.0 Å². The third-order valence-corrected chi connectivity index (χ3v) is 4.04. The van der Waals surface area contributed by atoms with E-state index in [1.54, 1.807) is 0 Å².